The van der Waals surface area contributed by atoms with Crippen molar-refractivity contribution in [2.75, 3.05) is 26.8 Å². The highest BCUT2D eigenvalue weighted by Gasteiger charge is 2.49. The number of carbonyl (C=O) groups is 1. The number of methoxy groups -OCH3 is 1. The number of likely N-dealkylation sites (tertiary alicyclic amines) is 1. The Morgan fingerprint density at radius 3 is 2.62 bits per heavy atom. The number of rotatable bonds is 9. The highest BCUT2D eigenvalue weighted by Crippen LogP contribution is 2.47. The summed E-state index contributed by atoms with van der Waals surface area (Å²) in [7, 11) is 1.63. The van der Waals surface area contributed by atoms with Crippen LogP contribution in [-0.2, 0) is 4.79 Å². The fourth-order valence-corrected chi connectivity index (χ4v) is 4.21. The molecule has 2 aliphatic rings. The van der Waals surface area contributed by atoms with Crippen LogP contribution >= 0.6 is 0 Å². The van der Waals surface area contributed by atoms with Crippen LogP contribution in [0.4, 0.5) is 0 Å². The summed E-state index contributed by atoms with van der Waals surface area (Å²) in [5.41, 5.74) is 0.504. The maximum absolute atomic E-state index is 12.7. The molecule has 2 fully saturated rings. The number of nitrogens with zero attached hydrogens (tertiary/aromatic N) is 1. The van der Waals surface area contributed by atoms with Gasteiger partial charge in [-0.2, -0.15) is 0 Å². The molecule has 1 aliphatic heterocycles. The standard InChI is InChI=1S/C23H35NO5/c1-5-6-19(26)22(27)24-12-18(23(3,14-24)15(2)25)17-9-10-20(28-4)21(11-17)29-13-16-7-8-16/h9-11,15-16,18-19,25-26H,5-8,12-14H2,1-4H3/t15?,18-,19?,23-/m0/s1. The van der Waals surface area contributed by atoms with Gasteiger partial charge in [-0.05, 0) is 49.8 Å². The minimum atomic E-state index is -0.981. The number of aliphatic hydroxyl groups excluding tert-OH is 2. The molecule has 1 aliphatic carbocycles. The minimum absolute atomic E-state index is 0.0607. The van der Waals surface area contributed by atoms with Crippen LogP contribution in [0, 0.1) is 11.3 Å². The molecule has 29 heavy (non-hydrogen) atoms. The molecule has 0 bridgehead atoms. The lowest BCUT2D eigenvalue weighted by atomic mass is 9.72. The first-order valence-corrected chi connectivity index (χ1v) is 10.8. The molecule has 1 aromatic carbocycles. The van der Waals surface area contributed by atoms with Crippen molar-refractivity contribution in [2.24, 2.45) is 11.3 Å². The van der Waals surface area contributed by atoms with Crippen LogP contribution in [0.2, 0.25) is 0 Å². The number of amides is 1. The van der Waals surface area contributed by atoms with Crippen molar-refractivity contribution in [1.29, 1.82) is 0 Å². The molecule has 6 heteroatoms. The van der Waals surface area contributed by atoms with Gasteiger partial charge in [0.15, 0.2) is 11.5 Å². The van der Waals surface area contributed by atoms with Crippen molar-refractivity contribution in [1.82, 2.24) is 4.90 Å². The van der Waals surface area contributed by atoms with Crippen molar-refractivity contribution in [2.45, 2.75) is 64.6 Å². The first kappa shape index (κ1) is 21.9. The summed E-state index contributed by atoms with van der Waals surface area (Å²) in [5.74, 6) is 1.72. The Morgan fingerprint density at radius 2 is 2.03 bits per heavy atom. The number of hydrogen-bond donors (Lipinski definition) is 2. The zero-order valence-corrected chi connectivity index (χ0v) is 18.1. The molecule has 4 atom stereocenters. The number of hydrogen-bond acceptors (Lipinski definition) is 5. The Bertz CT molecular complexity index is 717. The van der Waals surface area contributed by atoms with E-state index in [0.29, 0.717) is 43.5 Å². The van der Waals surface area contributed by atoms with Crippen LogP contribution in [0.3, 0.4) is 0 Å². The molecular formula is C23H35NO5. The smallest absolute Gasteiger partial charge is 0.251 e. The van der Waals surface area contributed by atoms with Gasteiger partial charge < -0.3 is 24.6 Å². The predicted molar refractivity (Wildman–Crippen MR) is 111 cm³/mol. The summed E-state index contributed by atoms with van der Waals surface area (Å²) < 4.78 is 11.5. The van der Waals surface area contributed by atoms with E-state index in [4.69, 9.17) is 9.47 Å². The molecule has 2 unspecified atom stereocenters. The lowest BCUT2D eigenvalue weighted by molar-refractivity contribution is -0.140. The van der Waals surface area contributed by atoms with Crippen LogP contribution in [-0.4, -0.2) is 60.0 Å². The second-order valence-electron chi connectivity index (χ2n) is 8.92. The Morgan fingerprint density at radius 1 is 1.31 bits per heavy atom. The van der Waals surface area contributed by atoms with Crippen LogP contribution in [0.1, 0.15) is 57.9 Å². The minimum Gasteiger partial charge on any atom is -0.493 e. The molecule has 0 aromatic heterocycles. The zero-order valence-electron chi connectivity index (χ0n) is 18.1. The number of ether oxygens (including phenoxy) is 2. The maximum atomic E-state index is 12.7. The highest BCUT2D eigenvalue weighted by atomic mass is 16.5. The van der Waals surface area contributed by atoms with Gasteiger partial charge in [-0.15, -0.1) is 0 Å². The van der Waals surface area contributed by atoms with Crippen LogP contribution in [0.25, 0.3) is 0 Å². The van der Waals surface area contributed by atoms with Gasteiger partial charge >= 0.3 is 0 Å². The summed E-state index contributed by atoms with van der Waals surface area (Å²) in [6.07, 6.45) is 2.03. The second-order valence-corrected chi connectivity index (χ2v) is 8.92. The average Bonchev–Trinajstić information content (AvgIpc) is 3.46. The van der Waals surface area contributed by atoms with E-state index in [0.717, 1.165) is 12.0 Å². The van der Waals surface area contributed by atoms with E-state index < -0.39 is 17.6 Å². The molecule has 0 spiro atoms. The zero-order chi connectivity index (χ0) is 21.2. The molecule has 1 heterocycles. The topological polar surface area (TPSA) is 79.2 Å². The summed E-state index contributed by atoms with van der Waals surface area (Å²) >= 11 is 0. The van der Waals surface area contributed by atoms with Crippen LogP contribution in [0.5, 0.6) is 11.5 Å². The van der Waals surface area contributed by atoms with Crippen LogP contribution < -0.4 is 9.47 Å². The first-order valence-electron chi connectivity index (χ1n) is 10.8. The molecule has 1 amide bonds. The molecule has 6 nitrogen and oxygen atoms in total. The summed E-state index contributed by atoms with van der Waals surface area (Å²) in [6.45, 7) is 7.30. The quantitative estimate of drug-likeness (QED) is 0.660. The van der Waals surface area contributed by atoms with Crippen molar-refractivity contribution in [3.8, 4) is 11.5 Å². The largest absolute Gasteiger partial charge is 0.493 e. The van der Waals surface area contributed by atoms with Crippen molar-refractivity contribution < 1.29 is 24.5 Å². The van der Waals surface area contributed by atoms with Crippen molar-refractivity contribution >= 4 is 5.91 Å². The van der Waals surface area contributed by atoms with Gasteiger partial charge in [0, 0.05) is 24.4 Å². The molecule has 162 valence electrons. The van der Waals surface area contributed by atoms with Crippen molar-refractivity contribution in [3.63, 3.8) is 0 Å². The first-order chi connectivity index (χ1) is 13.8. The molecule has 1 saturated heterocycles. The van der Waals surface area contributed by atoms with Gasteiger partial charge in [0.05, 0.1) is 19.8 Å². The van der Waals surface area contributed by atoms with Gasteiger partial charge in [0.25, 0.3) is 5.91 Å². The Labute approximate surface area is 173 Å². The van der Waals surface area contributed by atoms with Gasteiger partial charge in [0.2, 0.25) is 0 Å². The van der Waals surface area contributed by atoms with Crippen LogP contribution in [0.15, 0.2) is 18.2 Å². The van der Waals surface area contributed by atoms with E-state index in [2.05, 4.69) is 0 Å². The number of aliphatic hydroxyl groups is 2. The fourth-order valence-electron chi connectivity index (χ4n) is 4.21. The summed E-state index contributed by atoms with van der Waals surface area (Å²) in [6, 6.07) is 5.88. The second kappa shape index (κ2) is 8.92. The molecule has 0 radical (unpaired) electrons. The van der Waals surface area contributed by atoms with E-state index in [1.807, 2.05) is 32.0 Å². The third-order valence-corrected chi connectivity index (χ3v) is 6.61. The summed E-state index contributed by atoms with van der Waals surface area (Å²) in [4.78, 5) is 14.4. The van der Waals surface area contributed by atoms with E-state index in [1.165, 1.54) is 12.8 Å². The molecule has 1 saturated carbocycles. The van der Waals surface area contributed by atoms with E-state index in [-0.39, 0.29) is 11.8 Å². The average molecular weight is 406 g/mol. The van der Waals surface area contributed by atoms with Gasteiger partial charge in [0.1, 0.15) is 6.10 Å². The molecule has 2 N–H and O–H groups in total. The monoisotopic (exact) mass is 405 g/mol. The third-order valence-electron chi connectivity index (χ3n) is 6.61. The summed E-state index contributed by atoms with van der Waals surface area (Å²) in [5, 5.41) is 20.8. The predicted octanol–water partition coefficient (Wildman–Crippen LogP) is 2.96. The van der Waals surface area contributed by atoms with Gasteiger partial charge in [-0.25, -0.2) is 0 Å². The van der Waals surface area contributed by atoms with E-state index in [9.17, 15) is 15.0 Å². The van der Waals surface area contributed by atoms with E-state index >= 15 is 0 Å². The Kier molecular flexibility index (Phi) is 6.74. The fraction of sp³-hybridized carbons (Fsp3) is 0.696. The molecule has 3 rings (SSSR count). The Hall–Kier alpha value is -1.79. The lowest BCUT2D eigenvalue weighted by Gasteiger charge is -2.34. The highest BCUT2D eigenvalue weighted by molar-refractivity contribution is 5.81. The normalized spacial score (nSPS) is 26.3. The number of benzene rings is 1. The van der Waals surface area contributed by atoms with E-state index in [1.54, 1.807) is 18.9 Å². The third kappa shape index (κ3) is 4.69. The lowest BCUT2D eigenvalue weighted by Crippen LogP contribution is -2.41. The molecule has 1 aromatic rings. The SMILES string of the molecule is CCCC(O)C(=O)N1C[C@@H](c2ccc(OC)c(OCC3CC3)c2)[C@](C)(C(C)O)C1. The maximum Gasteiger partial charge on any atom is 0.251 e. The Balaban J connectivity index is 1.86. The van der Waals surface area contributed by atoms with Gasteiger partial charge in [-0.1, -0.05) is 26.3 Å². The van der Waals surface area contributed by atoms with Gasteiger partial charge in [-0.3, -0.25) is 4.79 Å². The molecular weight excluding hydrogens is 370 g/mol. The number of carbonyl (C=O) groups excluding carboxylic acids is 1. The van der Waals surface area contributed by atoms with Crippen molar-refractivity contribution in [3.05, 3.63) is 23.8 Å².